The average molecular weight is 443 g/mol. The number of hydrogen-bond donors (Lipinski definition) is 4. The first-order valence-electron chi connectivity index (χ1n) is 10.6. The third kappa shape index (κ3) is 4.26. The Balaban J connectivity index is 1.34. The predicted molar refractivity (Wildman–Crippen MR) is 123 cm³/mol. The van der Waals surface area contributed by atoms with E-state index >= 15 is 0 Å². The van der Waals surface area contributed by atoms with Crippen LogP contribution < -0.4 is 21.3 Å². The summed E-state index contributed by atoms with van der Waals surface area (Å²) in [5.74, 6) is 0.0621. The second-order valence-corrected chi connectivity index (χ2v) is 9.91. The zero-order valence-corrected chi connectivity index (χ0v) is 18.4. The molecule has 5 heterocycles. The van der Waals surface area contributed by atoms with Crippen LogP contribution in [0.5, 0.6) is 0 Å². The minimum atomic E-state index is 0.0621. The molecule has 2 aliphatic heterocycles. The van der Waals surface area contributed by atoms with Crippen LogP contribution in [0.4, 0.5) is 5.00 Å². The Hall–Kier alpha value is -1.91. The van der Waals surface area contributed by atoms with Crippen LogP contribution in [0.25, 0.3) is 20.8 Å². The Morgan fingerprint density at radius 3 is 2.97 bits per heavy atom. The van der Waals surface area contributed by atoms with E-state index in [1.54, 1.807) is 35.1 Å². The number of hydrogen-bond acceptors (Lipinski definition) is 8. The molecule has 0 radical (unpaired) electrons. The maximum absolute atomic E-state index is 12.7. The number of thiazole rings is 1. The second kappa shape index (κ2) is 9.07. The first-order valence-corrected chi connectivity index (χ1v) is 12.2. The van der Waals surface area contributed by atoms with Gasteiger partial charge in [-0.3, -0.25) is 9.78 Å². The zero-order chi connectivity index (χ0) is 20.3. The van der Waals surface area contributed by atoms with Gasteiger partial charge >= 0.3 is 0 Å². The van der Waals surface area contributed by atoms with Crippen LogP contribution in [0.15, 0.2) is 18.5 Å². The molecule has 0 aliphatic carbocycles. The van der Waals surface area contributed by atoms with E-state index < -0.39 is 0 Å². The summed E-state index contributed by atoms with van der Waals surface area (Å²) in [4.78, 5) is 23.0. The van der Waals surface area contributed by atoms with E-state index in [0.29, 0.717) is 19.0 Å². The lowest BCUT2D eigenvalue weighted by atomic mass is 10.0. The van der Waals surface area contributed by atoms with Gasteiger partial charge in [0.25, 0.3) is 0 Å². The highest BCUT2D eigenvalue weighted by molar-refractivity contribution is 7.22. The lowest BCUT2D eigenvalue weighted by molar-refractivity contribution is -0.116. The Morgan fingerprint density at radius 1 is 1.20 bits per heavy atom. The van der Waals surface area contributed by atoms with Crippen LogP contribution in [0, 0.1) is 0 Å². The van der Waals surface area contributed by atoms with Gasteiger partial charge in [-0.2, -0.15) is 0 Å². The minimum Gasteiger partial charge on any atom is -0.317 e. The van der Waals surface area contributed by atoms with Crippen LogP contribution in [0.1, 0.15) is 29.7 Å². The molecule has 0 unspecified atom stereocenters. The number of fused-ring (bicyclic) bond motifs is 2. The van der Waals surface area contributed by atoms with Gasteiger partial charge in [-0.1, -0.05) is 0 Å². The van der Waals surface area contributed by atoms with Crippen molar-refractivity contribution in [3.8, 4) is 10.6 Å². The van der Waals surface area contributed by atoms with E-state index in [1.807, 2.05) is 6.07 Å². The molecule has 0 atom stereocenters. The molecule has 1 fully saturated rings. The molecule has 158 valence electrons. The molecule has 0 saturated carbocycles. The lowest BCUT2D eigenvalue weighted by Gasteiger charge is -2.23. The highest BCUT2D eigenvalue weighted by atomic mass is 32.1. The van der Waals surface area contributed by atoms with Crippen molar-refractivity contribution >= 4 is 43.8 Å². The number of anilines is 1. The average Bonchev–Trinajstić information content (AvgIpc) is 3.34. The monoisotopic (exact) mass is 442 g/mol. The Kier molecular flexibility index (Phi) is 6.05. The van der Waals surface area contributed by atoms with Crippen molar-refractivity contribution in [2.75, 3.05) is 31.5 Å². The van der Waals surface area contributed by atoms with Crippen LogP contribution in [0.2, 0.25) is 0 Å². The van der Waals surface area contributed by atoms with Gasteiger partial charge in [0, 0.05) is 42.2 Å². The van der Waals surface area contributed by atoms with Gasteiger partial charge < -0.3 is 21.3 Å². The maximum Gasteiger partial charge on any atom is 0.226 e. The van der Waals surface area contributed by atoms with Crippen molar-refractivity contribution in [2.24, 2.45) is 0 Å². The van der Waals surface area contributed by atoms with Crippen molar-refractivity contribution in [3.63, 3.8) is 0 Å². The largest absolute Gasteiger partial charge is 0.317 e. The number of nitrogens with one attached hydrogen (secondary N) is 4. The van der Waals surface area contributed by atoms with Crippen molar-refractivity contribution in [1.82, 2.24) is 25.9 Å². The maximum atomic E-state index is 12.7. The van der Waals surface area contributed by atoms with E-state index in [4.69, 9.17) is 4.98 Å². The number of pyridine rings is 1. The number of nitrogens with zero attached hydrogens (tertiary/aromatic N) is 2. The summed E-state index contributed by atoms with van der Waals surface area (Å²) in [5, 5.41) is 15.4. The molecule has 1 saturated heterocycles. The molecule has 7 nitrogen and oxygen atoms in total. The fourth-order valence-electron chi connectivity index (χ4n) is 4.14. The Labute approximate surface area is 183 Å². The quantitative estimate of drug-likeness (QED) is 0.469. The van der Waals surface area contributed by atoms with E-state index in [9.17, 15) is 4.79 Å². The number of thiophene rings is 1. The van der Waals surface area contributed by atoms with Gasteiger partial charge in [0.05, 0.1) is 10.9 Å². The molecule has 3 aromatic heterocycles. The lowest BCUT2D eigenvalue weighted by Crippen LogP contribution is -2.40. The molecule has 0 bridgehead atoms. The van der Waals surface area contributed by atoms with E-state index in [-0.39, 0.29) is 5.91 Å². The van der Waals surface area contributed by atoms with Gasteiger partial charge in [0.1, 0.15) is 15.5 Å². The molecular weight excluding hydrogens is 416 g/mol. The Bertz CT molecular complexity index is 1010. The van der Waals surface area contributed by atoms with Crippen LogP contribution >= 0.6 is 22.7 Å². The molecule has 2 aliphatic rings. The molecule has 3 aromatic rings. The second-order valence-electron chi connectivity index (χ2n) is 7.77. The third-order valence-electron chi connectivity index (χ3n) is 5.71. The predicted octanol–water partition coefficient (Wildman–Crippen LogP) is 2.74. The highest BCUT2D eigenvalue weighted by Crippen LogP contribution is 2.44. The smallest absolute Gasteiger partial charge is 0.226 e. The number of piperidine rings is 1. The van der Waals surface area contributed by atoms with Crippen LogP contribution in [0.3, 0.4) is 0 Å². The number of carbonyl (C=O) groups is 1. The number of carbonyl (C=O) groups excluding carboxylic acids is 1. The molecule has 5 rings (SSSR count). The van der Waals surface area contributed by atoms with Gasteiger partial charge in [0.15, 0.2) is 0 Å². The van der Waals surface area contributed by atoms with E-state index in [2.05, 4.69) is 26.3 Å². The van der Waals surface area contributed by atoms with Gasteiger partial charge in [-0.25, -0.2) is 4.98 Å². The number of aromatic nitrogens is 2. The summed E-state index contributed by atoms with van der Waals surface area (Å²) < 4.78 is 1.12. The minimum absolute atomic E-state index is 0.0621. The standard InChI is InChI=1S/C21H26N6OS2/c28-18(5-10-25-13-1-6-22-7-2-13)27-21-19(14-3-8-24-12-17(14)30-21)20-26-15-11-23-9-4-16(15)29-20/h4,9,11,13,22,24-25H,1-3,5-8,10,12H2,(H,27,28). The van der Waals surface area contributed by atoms with Crippen molar-refractivity contribution in [2.45, 2.75) is 38.3 Å². The van der Waals surface area contributed by atoms with E-state index in [0.717, 1.165) is 71.2 Å². The summed E-state index contributed by atoms with van der Waals surface area (Å²) in [6, 6.07) is 2.52. The first-order chi connectivity index (χ1) is 14.8. The fraction of sp³-hybridized carbons (Fsp3) is 0.476. The van der Waals surface area contributed by atoms with Crippen molar-refractivity contribution < 1.29 is 4.79 Å². The number of rotatable bonds is 6. The molecule has 30 heavy (non-hydrogen) atoms. The van der Waals surface area contributed by atoms with Gasteiger partial charge in [-0.05, 0) is 50.5 Å². The first kappa shape index (κ1) is 20.0. The molecular formula is C21H26N6OS2. The molecule has 9 heteroatoms. The van der Waals surface area contributed by atoms with Crippen molar-refractivity contribution in [1.29, 1.82) is 0 Å². The highest BCUT2D eigenvalue weighted by Gasteiger charge is 2.25. The SMILES string of the molecule is O=C(CCNC1CCNCC1)Nc1sc2c(c1-c1nc3cnccc3s1)CCNC2. The molecule has 0 aromatic carbocycles. The van der Waals surface area contributed by atoms with Gasteiger partial charge in [-0.15, -0.1) is 22.7 Å². The van der Waals surface area contributed by atoms with Crippen LogP contribution in [-0.4, -0.2) is 48.1 Å². The Morgan fingerprint density at radius 2 is 2.10 bits per heavy atom. The fourth-order valence-corrected chi connectivity index (χ4v) is 6.45. The summed E-state index contributed by atoms with van der Waals surface area (Å²) in [5.41, 5.74) is 3.35. The summed E-state index contributed by atoms with van der Waals surface area (Å²) in [6.45, 7) is 4.63. The molecule has 4 N–H and O–H groups in total. The normalized spacial score (nSPS) is 17.2. The molecule has 1 amide bonds. The van der Waals surface area contributed by atoms with E-state index in [1.165, 1.54) is 10.4 Å². The molecule has 0 spiro atoms. The summed E-state index contributed by atoms with van der Waals surface area (Å²) in [6.07, 6.45) is 7.30. The third-order valence-corrected chi connectivity index (χ3v) is 7.91. The topological polar surface area (TPSA) is 91.0 Å². The van der Waals surface area contributed by atoms with Gasteiger partial charge in [0.2, 0.25) is 5.91 Å². The summed E-state index contributed by atoms with van der Waals surface area (Å²) in [7, 11) is 0. The van der Waals surface area contributed by atoms with Crippen molar-refractivity contribution in [3.05, 3.63) is 28.9 Å². The summed E-state index contributed by atoms with van der Waals surface area (Å²) >= 11 is 3.36. The van der Waals surface area contributed by atoms with Crippen LogP contribution in [-0.2, 0) is 17.8 Å². The number of amides is 1. The zero-order valence-electron chi connectivity index (χ0n) is 16.8.